The lowest BCUT2D eigenvalue weighted by molar-refractivity contribution is 0.422. The number of nitrogens with one attached hydrogen (secondary N) is 1. The molecule has 0 fully saturated rings. The molecule has 0 atom stereocenters. The summed E-state index contributed by atoms with van der Waals surface area (Å²) < 4.78 is 0. The predicted molar refractivity (Wildman–Crippen MR) is 74.4 cm³/mol. The molecule has 1 N–H and O–H groups in total. The van der Waals surface area contributed by atoms with Crippen LogP contribution in [0.2, 0.25) is 5.02 Å². The Hall–Kier alpha value is -0.180. The van der Waals surface area contributed by atoms with Gasteiger partial charge in [-0.2, -0.15) is 0 Å². The normalized spacial score (nSPS) is 11.8. The maximum absolute atomic E-state index is 6.24. The minimum absolute atomic E-state index is 0.118. The van der Waals surface area contributed by atoms with Crippen LogP contribution in [-0.2, 0) is 6.54 Å². The lowest BCUT2D eigenvalue weighted by Gasteiger charge is -2.22. The molecule has 16 heavy (non-hydrogen) atoms. The third-order valence-corrected chi connectivity index (χ3v) is 3.51. The smallest absolute Gasteiger partial charge is 0.0462 e. The van der Waals surface area contributed by atoms with Crippen molar-refractivity contribution in [2.45, 2.75) is 44.7 Å². The van der Waals surface area contributed by atoms with Crippen LogP contribution in [0.4, 0.5) is 0 Å². The van der Waals surface area contributed by atoms with Gasteiger partial charge in [-0.25, -0.2) is 0 Å². The lowest BCUT2D eigenvalue weighted by Crippen LogP contribution is -2.35. The molecule has 1 rings (SSSR count). The SMILES string of the molecule is CCSc1cccc(Cl)c1CNC(C)(C)C. The van der Waals surface area contributed by atoms with Crippen molar-refractivity contribution in [2.24, 2.45) is 0 Å². The van der Waals surface area contributed by atoms with Crippen LogP contribution in [0.3, 0.4) is 0 Å². The molecule has 90 valence electrons. The number of hydrogen-bond acceptors (Lipinski definition) is 2. The van der Waals surface area contributed by atoms with Crippen molar-refractivity contribution in [1.82, 2.24) is 5.32 Å². The molecule has 0 saturated carbocycles. The summed E-state index contributed by atoms with van der Waals surface area (Å²) in [5.74, 6) is 1.07. The quantitative estimate of drug-likeness (QED) is 0.806. The van der Waals surface area contributed by atoms with Gasteiger partial charge in [-0.1, -0.05) is 24.6 Å². The van der Waals surface area contributed by atoms with Crippen LogP contribution in [-0.4, -0.2) is 11.3 Å². The second kappa shape index (κ2) is 5.95. The molecule has 0 saturated heterocycles. The highest BCUT2D eigenvalue weighted by Crippen LogP contribution is 2.28. The maximum atomic E-state index is 6.24. The van der Waals surface area contributed by atoms with Gasteiger partial charge in [-0.05, 0) is 44.2 Å². The van der Waals surface area contributed by atoms with Gasteiger partial charge in [-0.3, -0.25) is 0 Å². The average Bonchev–Trinajstić information content (AvgIpc) is 2.15. The van der Waals surface area contributed by atoms with E-state index in [2.05, 4.69) is 39.1 Å². The Bertz CT molecular complexity index is 344. The molecule has 0 aliphatic rings. The summed E-state index contributed by atoms with van der Waals surface area (Å²) in [6, 6.07) is 6.11. The molecular formula is C13H20ClNS. The van der Waals surface area contributed by atoms with Crippen LogP contribution < -0.4 is 5.32 Å². The predicted octanol–water partition coefficient (Wildman–Crippen LogP) is 4.34. The highest BCUT2D eigenvalue weighted by molar-refractivity contribution is 7.99. The fourth-order valence-electron chi connectivity index (χ4n) is 1.35. The van der Waals surface area contributed by atoms with E-state index in [1.54, 1.807) is 0 Å². The van der Waals surface area contributed by atoms with Crippen molar-refractivity contribution in [2.75, 3.05) is 5.75 Å². The Morgan fingerprint density at radius 2 is 2.00 bits per heavy atom. The van der Waals surface area contributed by atoms with E-state index in [0.29, 0.717) is 0 Å². The molecule has 0 radical (unpaired) electrons. The minimum atomic E-state index is 0.118. The summed E-state index contributed by atoms with van der Waals surface area (Å²) in [6.45, 7) is 9.47. The Morgan fingerprint density at radius 3 is 2.56 bits per heavy atom. The topological polar surface area (TPSA) is 12.0 Å². The van der Waals surface area contributed by atoms with Crippen molar-refractivity contribution in [3.63, 3.8) is 0 Å². The van der Waals surface area contributed by atoms with Crippen molar-refractivity contribution in [1.29, 1.82) is 0 Å². The monoisotopic (exact) mass is 257 g/mol. The zero-order valence-electron chi connectivity index (χ0n) is 10.4. The molecule has 3 heteroatoms. The standard InChI is InChI=1S/C13H20ClNS/c1-5-16-12-8-6-7-11(14)10(12)9-15-13(2,3)4/h6-8,15H,5,9H2,1-4H3. The zero-order chi connectivity index (χ0) is 12.2. The first-order valence-corrected chi connectivity index (χ1v) is 6.95. The summed E-state index contributed by atoms with van der Waals surface area (Å²) in [4.78, 5) is 1.28. The van der Waals surface area contributed by atoms with Crippen LogP contribution in [0, 0.1) is 0 Å². The fourth-order valence-corrected chi connectivity index (χ4v) is 2.49. The largest absolute Gasteiger partial charge is 0.308 e. The van der Waals surface area contributed by atoms with E-state index in [1.807, 2.05) is 23.9 Å². The first-order chi connectivity index (χ1) is 7.44. The minimum Gasteiger partial charge on any atom is -0.308 e. The molecule has 0 aliphatic carbocycles. The fraction of sp³-hybridized carbons (Fsp3) is 0.538. The lowest BCUT2D eigenvalue weighted by atomic mass is 10.1. The van der Waals surface area contributed by atoms with E-state index >= 15 is 0 Å². The van der Waals surface area contributed by atoms with Crippen LogP contribution in [0.25, 0.3) is 0 Å². The molecule has 1 aromatic carbocycles. The number of thioether (sulfide) groups is 1. The van der Waals surface area contributed by atoms with Gasteiger partial charge in [0.1, 0.15) is 0 Å². The number of hydrogen-bond donors (Lipinski definition) is 1. The van der Waals surface area contributed by atoms with Gasteiger partial charge in [0.05, 0.1) is 0 Å². The van der Waals surface area contributed by atoms with Gasteiger partial charge in [0, 0.05) is 22.0 Å². The molecule has 0 bridgehead atoms. The average molecular weight is 258 g/mol. The van der Waals surface area contributed by atoms with Gasteiger partial charge in [0.25, 0.3) is 0 Å². The van der Waals surface area contributed by atoms with Crippen LogP contribution >= 0.6 is 23.4 Å². The maximum Gasteiger partial charge on any atom is 0.0462 e. The van der Waals surface area contributed by atoms with E-state index in [4.69, 9.17) is 11.6 Å². The molecular weight excluding hydrogens is 238 g/mol. The first-order valence-electron chi connectivity index (χ1n) is 5.59. The molecule has 0 heterocycles. The summed E-state index contributed by atoms with van der Waals surface area (Å²) >= 11 is 8.08. The van der Waals surface area contributed by atoms with E-state index in [1.165, 1.54) is 10.5 Å². The Balaban J connectivity index is 2.84. The Morgan fingerprint density at radius 1 is 1.31 bits per heavy atom. The summed E-state index contributed by atoms with van der Waals surface area (Å²) in [5, 5.41) is 4.34. The van der Waals surface area contributed by atoms with Crippen molar-refractivity contribution >= 4 is 23.4 Å². The first kappa shape index (κ1) is 13.9. The van der Waals surface area contributed by atoms with E-state index in [0.717, 1.165) is 17.3 Å². The second-order valence-electron chi connectivity index (χ2n) is 4.75. The number of halogens is 1. The third kappa shape index (κ3) is 4.36. The number of benzene rings is 1. The van der Waals surface area contributed by atoms with E-state index < -0.39 is 0 Å². The molecule has 0 amide bonds. The molecule has 0 aromatic heterocycles. The van der Waals surface area contributed by atoms with Crippen LogP contribution in [0.1, 0.15) is 33.3 Å². The summed E-state index contributed by atoms with van der Waals surface area (Å²) in [6.07, 6.45) is 0. The van der Waals surface area contributed by atoms with Gasteiger partial charge in [0.15, 0.2) is 0 Å². The van der Waals surface area contributed by atoms with Gasteiger partial charge in [0.2, 0.25) is 0 Å². The molecule has 0 aliphatic heterocycles. The van der Waals surface area contributed by atoms with Crippen molar-refractivity contribution in [3.05, 3.63) is 28.8 Å². The highest BCUT2D eigenvalue weighted by Gasteiger charge is 2.12. The van der Waals surface area contributed by atoms with E-state index in [-0.39, 0.29) is 5.54 Å². The summed E-state index contributed by atoms with van der Waals surface area (Å²) in [5.41, 5.74) is 1.33. The Kier molecular flexibility index (Phi) is 5.16. The molecule has 0 unspecified atom stereocenters. The zero-order valence-corrected chi connectivity index (χ0v) is 12.0. The van der Waals surface area contributed by atoms with Crippen LogP contribution in [0.5, 0.6) is 0 Å². The van der Waals surface area contributed by atoms with Gasteiger partial charge in [-0.15, -0.1) is 11.8 Å². The van der Waals surface area contributed by atoms with Crippen molar-refractivity contribution in [3.8, 4) is 0 Å². The van der Waals surface area contributed by atoms with Gasteiger partial charge < -0.3 is 5.32 Å². The van der Waals surface area contributed by atoms with E-state index in [9.17, 15) is 0 Å². The van der Waals surface area contributed by atoms with Crippen molar-refractivity contribution < 1.29 is 0 Å². The molecule has 0 spiro atoms. The van der Waals surface area contributed by atoms with Crippen LogP contribution in [0.15, 0.2) is 23.1 Å². The Labute approximate surface area is 108 Å². The molecule has 1 aromatic rings. The third-order valence-electron chi connectivity index (χ3n) is 2.17. The summed E-state index contributed by atoms with van der Waals surface area (Å²) in [7, 11) is 0. The molecule has 1 nitrogen and oxygen atoms in total. The highest BCUT2D eigenvalue weighted by atomic mass is 35.5. The number of rotatable bonds is 4. The van der Waals surface area contributed by atoms with Gasteiger partial charge >= 0.3 is 0 Å². The second-order valence-corrected chi connectivity index (χ2v) is 6.47.